The van der Waals surface area contributed by atoms with Gasteiger partial charge in [0.2, 0.25) is 0 Å². The fourth-order valence-corrected chi connectivity index (χ4v) is 3.38. The van der Waals surface area contributed by atoms with Crippen LogP contribution < -0.4 is 4.90 Å². The van der Waals surface area contributed by atoms with Gasteiger partial charge < -0.3 is 9.47 Å². The molecule has 1 amide bonds. The Morgan fingerprint density at radius 2 is 1.55 bits per heavy atom. The Morgan fingerprint density at radius 3 is 2.13 bits per heavy atom. The normalized spacial score (nSPS) is 16.3. The Balaban J connectivity index is 2.14. The fourth-order valence-electron chi connectivity index (χ4n) is 3.12. The van der Waals surface area contributed by atoms with E-state index in [1.807, 2.05) is 90.1 Å². The number of ether oxygens (including phenoxy) is 2. The first-order valence-electron chi connectivity index (χ1n) is 10.2. The molecule has 0 aromatic heterocycles. The minimum absolute atomic E-state index is 0.339. The molecule has 0 N–H and O–H groups in total. The molecule has 2 aromatic rings. The van der Waals surface area contributed by atoms with E-state index in [-0.39, 0.29) is 5.97 Å². The van der Waals surface area contributed by atoms with E-state index in [0.717, 1.165) is 10.0 Å². The fraction of sp³-hybridized carbons (Fsp3) is 0.360. The van der Waals surface area contributed by atoms with Crippen LogP contribution in [-0.2, 0) is 14.3 Å². The van der Waals surface area contributed by atoms with Crippen LogP contribution in [0.5, 0.6) is 0 Å². The number of halogens is 1. The molecule has 1 aliphatic heterocycles. The van der Waals surface area contributed by atoms with E-state index in [0.29, 0.717) is 17.0 Å². The van der Waals surface area contributed by atoms with Gasteiger partial charge in [-0.1, -0.05) is 40.2 Å². The van der Waals surface area contributed by atoms with Gasteiger partial charge in [-0.25, -0.2) is 4.79 Å². The van der Waals surface area contributed by atoms with Crippen molar-refractivity contribution in [1.82, 2.24) is 0 Å². The molecule has 0 saturated carbocycles. The van der Waals surface area contributed by atoms with Crippen LogP contribution in [0.15, 0.2) is 59.1 Å². The molecule has 6 heteroatoms. The number of para-hydroxylation sites is 1. The summed E-state index contributed by atoms with van der Waals surface area (Å²) >= 11 is 3.46. The molecule has 164 valence electrons. The summed E-state index contributed by atoms with van der Waals surface area (Å²) < 4.78 is 12.5. The summed E-state index contributed by atoms with van der Waals surface area (Å²) in [6, 6.07) is 14.6. The molecule has 1 aliphatic rings. The first-order chi connectivity index (χ1) is 14.4. The van der Waals surface area contributed by atoms with Gasteiger partial charge in [-0.15, -0.1) is 0 Å². The average molecular weight is 486 g/mol. The summed E-state index contributed by atoms with van der Waals surface area (Å²) in [5.74, 6) is 0.0945. The summed E-state index contributed by atoms with van der Waals surface area (Å²) in [5, 5.41) is 0. The summed E-state index contributed by atoms with van der Waals surface area (Å²) in [7, 11) is 0. The van der Waals surface area contributed by atoms with Crippen molar-refractivity contribution in [2.75, 3.05) is 4.90 Å². The summed E-state index contributed by atoms with van der Waals surface area (Å²) in [5.41, 5.74) is 0.848. The third-order valence-electron chi connectivity index (χ3n) is 4.63. The van der Waals surface area contributed by atoms with Gasteiger partial charge in [0, 0.05) is 10.0 Å². The van der Waals surface area contributed by atoms with Gasteiger partial charge in [-0.05, 0) is 77.4 Å². The van der Waals surface area contributed by atoms with Crippen molar-refractivity contribution in [3.05, 3.63) is 70.2 Å². The number of anilines is 1. The lowest BCUT2D eigenvalue weighted by molar-refractivity contribution is -0.145. The molecular weight excluding hydrogens is 458 g/mol. The van der Waals surface area contributed by atoms with E-state index in [2.05, 4.69) is 15.9 Å². The number of esters is 1. The Kier molecular flexibility index (Phi) is 6.33. The van der Waals surface area contributed by atoms with E-state index in [4.69, 9.17) is 9.47 Å². The highest BCUT2D eigenvalue weighted by Gasteiger charge is 2.37. The molecular formula is C25H28BrNO4. The lowest BCUT2D eigenvalue weighted by Crippen LogP contribution is -2.41. The summed E-state index contributed by atoms with van der Waals surface area (Å²) in [4.78, 5) is 27.5. The van der Waals surface area contributed by atoms with Crippen LogP contribution >= 0.6 is 15.9 Å². The maximum Gasteiger partial charge on any atom is 0.415 e. The van der Waals surface area contributed by atoms with E-state index in [1.54, 1.807) is 11.0 Å². The zero-order valence-corrected chi connectivity index (χ0v) is 20.3. The molecule has 0 radical (unpaired) electrons. The lowest BCUT2D eigenvalue weighted by atomic mass is 9.95. The highest BCUT2D eigenvalue weighted by molar-refractivity contribution is 9.10. The number of amides is 1. The zero-order valence-electron chi connectivity index (χ0n) is 18.7. The van der Waals surface area contributed by atoms with Gasteiger partial charge in [0.1, 0.15) is 11.4 Å². The standard InChI is InChI=1S/C25H28BrNO4/c1-24(2,3)22(28)30-21-15-20(16-11-13-17(26)14-12-16)27(23(29)31-25(4,5)6)19-10-8-7-9-18(19)21/h7-15,20H,1-6H3. The molecule has 5 nitrogen and oxygen atoms in total. The third kappa shape index (κ3) is 5.37. The second-order valence-electron chi connectivity index (χ2n) is 9.53. The van der Waals surface area contributed by atoms with Crippen molar-refractivity contribution in [1.29, 1.82) is 0 Å². The number of carbonyl (C=O) groups excluding carboxylic acids is 2. The number of nitrogens with zero attached hydrogens (tertiary/aromatic N) is 1. The Labute approximate surface area is 192 Å². The van der Waals surface area contributed by atoms with Crippen molar-refractivity contribution in [2.45, 2.75) is 53.2 Å². The van der Waals surface area contributed by atoms with Crippen LogP contribution in [0, 0.1) is 5.41 Å². The van der Waals surface area contributed by atoms with E-state index < -0.39 is 23.2 Å². The van der Waals surface area contributed by atoms with Crippen molar-refractivity contribution >= 4 is 39.4 Å². The van der Waals surface area contributed by atoms with Gasteiger partial charge in [0.25, 0.3) is 0 Å². The Morgan fingerprint density at radius 1 is 0.935 bits per heavy atom. The number of hydrogen-bond acceptors (Lipinski definition) is 4. The predicted molar refractivity (Wildman–Crippen MR) is 126 cm³/mol. The largest absolute Gasteiger partial charge is 0.443 e. The quantitative estimate of drug-likeness (QED) is 0.435. The third-order valence-corrected chi connectivity index (χ3v) is 5.16. The monoisotopic (exact) mass is 485 g/mol. The van der Waals surface area contributed by atoms with Gasteiger partial charge in [-0.3, -0.25) is 9.69 Å². The second kappa shape index (κ2) is 8.50. The highest BCUT2D eigenvalue weighted by atomic mass is 79.9. The van der Waals surface area contributed by atoms with Gasteiger partial charge in [0.05, 0.1) is 17.1 Å². The SMILES string of the molecule is CC(C)(C)OC(=O)N1c2ccccc2C(OC(=O)C(C)(C)C)=CC1c1ccc(Br)cc1. The molecule has 2 aromatic carbocycles. The van der Waals surface area contributed by atoms with Crippen LogP contribution in [0.1, 0.15) is 58.7 Å². The lowest BCUT2D eigenvalue weighted by Gasteiger charge is -2.37. The van der Waals surface area contributed by atoms with E-state index in [1.165, 1.54) is 0 Å². The zero-order chi connectivity index (χ0) is 23.0. The minimum Gasteiger partial charge on any atom is -0.443 e. The maximum absolute atomic E-state index is 13.3. The van der Waals surface area contributed by atoms with E-state index in [9.17, 15) is 9.59 Å². The van der Waals surface area contributed by atoms with Crippen molar-refractivity contribution < 1.29 is 19.1 Å². The number of carbonyl (C=O) groups is 2. The first kappa shape index (κ1) is 23.1. The number of rotatable bonds is 2. The molecule has 0 fully saturated rings. The van der Waals surface area contributed by atoms with Crippen molar-refractivity contribution in [3.8, 4) is 0 Å². The second-order valence-corrected chi connectivity index (χ2v) is 10.4. The molecule has 1 unspecified atom stereocenters. The highest BCUT2D eigenvalue weighted by Crippen LogP contribution is 2.42. The molecule has 1 heterocycles. The maximum atomic E-state index is 13.3. The van der Waals surface area contributed by atoms with Gasteiger partial charge in [0.15, 0.2) is 0 Å². The molecule has 0 aliphatic carbocycles. The number of benzene rings is 2. The van der Waals surface area contributed by atoms with Crippen LogP contribution in [0.3, 0.4) is 0 Å². The smallest absolute Gasteiger partial charge is 0.415 e. The molecule has 1 atom stereocenters. The van der Waals surface area contributed by atoms with Crippen LogP contribution in [0.25, 0.3) is 5.76 Å². The van der Waals surface area contributed by atoms with Gasteiger partial charge in [-0.2, -0.15) is 0 Å². The van der Waals surface area contributed by atoms with Crippen molar-refractivity contribution in [3.63, 3.8) is 0 Å². The Hall–Kier alpha value is -2.60. The van der Waals surface area contributed by atoms with Crippen molar-refractivity contribution in [2.24, 2.45) is 5.41 Å². The molecule has 0 saturated heterocycles. The van der Waals surface area contributed by atoms with Gasteiger partial charge >= 0.3 is 12.1 Å². The minimum atomic E-state index is -0.662. The van der Waals surface area contributed by atoms with E-state index >= 15 is 0 Å². The van der Waals surface area contributed by atoms with Crippen LogP contribution in [-0.4, -0.2) is 17.7 Å². The number of hydrogen-bond donors (Lipinski definition) is 0. The van der Waals surface area contributed by atoms with Crippen LogP contribution in [0.4, 0.5) is 10.5 Å². The predicted octanol–water partition coefficient (Wildman–Crippen LogP) is 6.88. The first-order valence-corrected chi connectivity index (χ1v) is 11.0. The summed E-state index contributed by atoms with van der Waals surface area (Å²) in [6.07, 6.45) is 1.34. The topological polar surface area (TPSA) is 55.8 Å². The molecule has 0 spiro atoms. The average Bonchev–Trinajstić information content (AvgIpc) is 2.66. The molecule has 31 heavy (non-hydrogen) atoms. The Bertz CT molecular complexity index is 1010. The molecule has 3 rings (SSSR count). The number of fused-ring (bicyclic) bond motifs is 1. The van der Waals surface area contributed by atoms with Crippen LogP contribution in [0.2, 0.25) is 0 Å². The summed E-state index contributed by atoms with van der Waals surface area (Å²) in [6.45, 7) is 10.9. The molecule has 0 bridgehead atoms.